The van der Waals surface area contributed by atoms with Gasteiger partial charge in [0.25, 0.3) is 5.91 Å². The average molecular weight is 208 g/mol. The van der Waals surface area contributed by atoms with Gasteiger partial charge in [0, 0.05) is 13.2 Å². The van der Waals surface area contributed by atoms with E-state index < -0.39 is 0 Å². The van der Waals surface area contributed by atoms with E-state index >= 15 is 0 Å². The fourth-order valence-corrected chi connectivity index (χ4v) is 0.923. The van der Waals surface area contributed by atoms with E-state index in [4.69, 9.17) is 0 Å². The number of rotatable bonds is 3. The molecule has 0 aliphatic heterocycles. The van der Waals surface area contributed by atoms with Crippen LogP contribution in [0.5, 0.6) is 0 Å². The number of H-pyrrole nitrogens is 1. The van der Waals surface area contributed by atoms with Crippen LogP contribution in [0, 0.1) is 0 Å². The highest BCUT2D eigenvalue weighted by molar-refractivity contribution is 5.93. The summed E-state index contributed by atoms with van der Waals surface area (Å²) in [6.07, 6.45) is 5.34. The van der Waals surface area contributed by atoms with Gasteiger partial charge in [0.05, 0.1) is 0 Å². The van der Waals surface area contributed by atoms with Gasteiger partial charge in [0.1, 0.15) is 12.0 Å². The van der Waals surface area contributed by atoms with E-state index in [9.17, 15) is 9.59 Å². The van der Waals surface area contributed by atoms with Gasteiger partial charge in [-0.25, -0.2) is 0 Å². The van der Waals surface area contributed by atoms with Crippen molar-refractivity contribution in [2.24, 2.45) is 0 Å². The Morgan fingerprint density at radius 2 is 2.13 bits per heavy atom. The van der Waals surface area contributed by atoms with Crippen molar-refractivity contribution in [3.8, 4) is 0 Å². The molecule has 0 aromatic carbocycles. The maximum atomic E-state index is 11.1. The molecule has 0 fully saturated rings. The van der Waals surface area contributed by atoms with Crippen LogP contribution in [0.4, 0.5) is 0 Å². The zero-order valence-corrected chi connectivity index (χ0v) is 9.20. The average Bonchev–Trinajstić information content (AvgIpc) is 2.76. The molecule has 0 aliphatic rings. The van der Waals surface area contributed by atoms with Crippen LogP contribution in [0.2, 0.25) is 0 Å². The van der Waals surface area contributed by atoms with E-state index in [1.807, 2.05) is 13.8 Å². The molecule has 1 rings (SSSR count). The van der Waals surface area contributed by atoms with Gasteiger partial charge in [-0.05, 0) is 17.7 Å². The number of aldehydes is 1. The lowest BCUT2D eigenvalue weighted by atomic mass is 10.3. The largest absolute Gasteiger partial charge is 0.357 e. The van der Waals surface area contributed by atoms with Gasteiger partial charge in [-0.2, -0.15) is 0 Å². The number of nitrogens with one attached hydrogen (secondary N) is 2. The van der Waals surface area contributed by atoms with Gasteiger partial charge in [-0.15, -0.1) is 0 Å². The lowest BCUT2D eigenvalue weighted by Gasteiger charge is -1.92. The molecule has 0 aliphatic carbocycles. The van der Waals surface area contributed by atoms with Crippen LogP contribution in [0.25, 0.3) is 6.08 Å². The predicted octanol–water partition coefficient (Wildman–Crippen LogP) is 1.61. The minimum atomic E-state index is -0.175. The summed E-state index contributed by atoms with van der Waals surface area (Å²) in [5.41, 5.74) is 1.28. The molecule has 0 saturated heterocycles. The van der Waals surface area contributed by atoms with Crippen molar-refractivity contribution >= 4 is 18.3 Å². The summed E-state index contributed by atoms with van der Waals surface area (Å²) in [7, 11) is 1.56. The molecule has 0 saturated carbocycles. The van der Waals surface area contributed by atoms with E-state index in [0.717, 1.165) is 5.56 Å². The number of aromatic amines is 1. The number of aromatic nitrogens is 1. The fraction of sp³-hybridized carbons (Fsp3) is 0.273. The number of amides is 1. The summed E-state index contributed by atoms with van der Waals surface area (Å²) in [5, 5.41) is 2.49. The van der Waals surface area contributed by atoms with E-state index in [-0.39, 0.29) is 5.91 Å². The predicted molar refractivity (Wildman–Crippen MR) is 60.6 cm³/mol. The van der Waals surface area contributed by atoms with E-state index in [1.54, 1.807) is 25.4 Å². The highest BCUT2D eigenvalue weighted by atomic mass is 16.1. The summed E-state index contributed by atoms with van der Waals surface area (Å²) >= 11 is 0. The summed E-state index contributed by atoms with van der Waals surface area (Å²) in [6.45, 7) is 4.00. The second-order valence-corrected chi connectivity index (χ2v) is 2.42. The van der Waals surface area contributed by atoms with Crippen LogP contribution < -0.4 is 5.32 Å². The summed E-state index contributed by atoms with van der Waals surface area (Å²) in [4.78, 5) is 23.8. The van der Waals surface area contributed by atoms with Gasteiger partial charge >= 0.3 is 0 Å². The second kappa shape index (κ2) is 7.55. The molecule has 0 radical (unpaired) electrons. The van der Waals surface area contributed by atoms with Gasteiger partial charge < -0.3 is 10.3 Å². The third-order valence-electron chi connectivity index (χ3n) is 1.54. The van der Waals surface area contributed by atoms with Crippen molar-refractivity contribution < 1.29 is 9.59 Å². The Balaban J connectivity index is 0.000000921. The fourth-order valence-electron chi connectivity index (χ4n) is 0.923. The van der Waals surface area contributed by atoms with E-state index in [0.29, 0.717) is 12.0 Å². The van der Waals surface area contributed by atoms with Crippen LogP contribution in [-0.4, -0.2) is 24.2 Å². The van der Waals surface area contributed by atoms with Crippen LogP contribution in [0.1, 0.15) is 29.9 Å². The molecule has 82 valence electrons. The maximum Gasteiger partial charge on any atom is 0.267 e. The number of allylic oxidation sites excluding steroid dienone is 1. The lowest BCUT2D eigenvalue weighted by molar-refractivity contribution is -0.104. The zero-order chi connectivity index (χ0) is 11.7. The molecular weight excluding hydrogens is 192 g/mol. The first-order valence-corrected chi connectivity index (χ1v) is 4.80. The molecule has 0 bridgehead atoms. The Bertz CT molecular complexity index is 340. The normalized spacial score (nSPS) is 9.27. The Labute approximate surface area is 89.4 Å². The Morgan fingerprint density at radius 3 is 2.67 bits per heavy atom. The first-order chi connectivity index (χ1) is 7.27. The molecular formula is C11H16N2O2. The van der Waals surface area contributed by atoms with Gasteiger partial charge in [-0.3, -0.25) is 9.59 Å². The first-order valence-electron chi connectivity index (χ1n) is 4.80. The number of carbonyl (C=O) groups excluding carboxylic acids is 2. The summed E-state index contributed by atoms with van der Waals surface area (Å²) in [6, 6.07) is 1.67. The Morgan fingerprint density at radius 1 is 1.47 bits per heavy atom. The maximum absolute atomic E-state index is 11.1. The zero-order valence-electron chi connectivity index (χ0n) is 9.20. The minimum absolute atomic E-state index is 0.175. The Kier molecular flexibility index (Phi) is 6.63. The van der Waals surface area contributed by atoms with Crippen LogP contribution >= 0.6 is 0 Å². The molecule has 0 unspecified atom stereocenters. The first kappa shape index (κ1) is 13.2. The molecule has 4 heteroatoms. The third kappa shape index (κ3) is 4.26. The molecule has 1 amide bonds. The summed E-state index contributed by atoms with van der Waals surface area (Å²) < 4.78 is 0. The minimum Gasteiger partial charge on any atom is -0.357 e. The second-order valence-electron chi connectivity index (χ2n) is 2.42. The smallest absolute Gasteiger partial charge is 0.267 e. The SMILES string of the molecule is CC.CNC(=O)c1cc(/C=C/C=O)c[nH]1. The van der Waals surface area contributed by atoms with Gasteiger partial charge in [0.2, 0.25) is 0 Å². The van der Waals surface area contributed by atoms with Crippen molar-refractivity contribution in [1.82, 2.24) is 10.3 Å². The third-order valence-corrected chi connectivity index (χ3v) is 1.54. The molecule has 1 aromatic heterocycles. The molecule has 0 spiro atoms. The highest BCUT2D eigenvalue weighted by Gasteiger charge is 2.03. The standard InChI is InChI=1S/C9H10N2O2.C2H6/c1-10-9(13)8-5-7(6-11-8)3-2-4-12;1-2/h2-6,11H,1H3,(H,10,13);1-2H3/b3-2+;. The van der Waals surface area contributed by atoms with Gasteiger partial charge in [-0.1, -0.05) is 19.9 Å². The van der Waals surface area contributed by atoms with Gasteiger partial charge in [0.15, 0.2) is 0 Å². The molecule has 15 heavy (non-hydrogen) atoms. The monoisotopic (exact) mass is 208 g/mol. The van der Waals surface area contributed by atoms with Crippen molar-refractivity contribution in [2.45, 2.75) is 13.8 Å². The van der Waals surface area contributed by atoms with Crippen molar-refractivity contribution in [2.75, 3.05) is 7.05 Å². The number of hydrogen-bond donors (Lipinski definition) is 2. The van der Waals surface area contributed by atoms with Crippen LogP contribution in [0.3, 0.4) is 0 Å². The molecule has 0 atom stereocenters. The van der Waals surface area contributed by atoms with E-state index in [2.05, 4.69) is 10.3 Å². The summed E-state index contributed by atoms with van der Waals surface area (Å²) in [5.74, 6) is -0.175. The quantitative estimate of drug-likeness (QED) is 0.585. The number of hydrogen-bond acceptors (Lipinski definition) is 2. The van der Waals surface area contributed by atoms with Crippen molar-refractivity contribution in [3.63, 3.8) is 0 Å². The van der Waals surface area contributed by atoms with Crippen molar-refractivity contribution in [3.05, 3.63) is 29.6 Å². The van der Waals surface area contributed by atoms with Crippen molar-refractivity contribution in [1.29, 1.82) is 0 Å². The number of carbonyl (C=O) groups is 2. The molecule has 2 N–H and O–H groups in total. The topological polar surface area (TPSA) is 62.0 Å². The molecule has 1 aromatic rings. The van der Waals surface area contributed by atoms with Crippen LogP contribution in [0.15, 0.2) is 18.3 Å². The van der Waals surface area contributed by atoms with Crippen LogP contribution in [-0.2, 0) is 4.79 Å². The lowest BCUT2D eigenvalue weighted by Crippen LogP contribution is -2.17. The molecule has 1 heterocycles. The van der Waals surface area contributed by atoms with E-state index in [1.165, 1.54) is 6.08 Å². The molecule has 4 nitrogen and oxygen atoms in total. The highest BCUT2D eigenvalue weighted by Crippen LogP contribution is 2.04. The Hall–Kier alpha value is -1.84.